The molecular formula is C14H20ClNO3. The Morgan fingerprint density at radius 2 is 1.84 bits per heavy atom. The second kappa shape index (κ2) is 7.92. The molecule has 0 spiro atoms. The normalized spacial score (nSPS) is 11.3. The van der Waals surface area contributed by atoms with Crippen LogP contribution in [0.25, 0.3) is 0 Å². The molecule has 1 N–H and O–H groups in total. The SMILES string of the molecule is CNCc1cc(OC)c(OC/C(C)=C/Cl)c(OC)c1. The van der Waals surface area contributed by atoms with Crippen molar-refractivity contribution in [1.29, 1.82) is 0 Å². The van der Waals surface area contributed by atoms with Crippen LogP contribution in [0.2, 0.25) is 0 Å². The van der Waals surface area contributed by atoms with Gasteiger partial charge in [0.15, 0.2) is 11.5 Å². The average molecular weight is 286 g/mol. The summed E-state index contributed by atoms with van der Waals surface area (Å²) in [6.45, 7) is 3.01. The van der Waals surface area contributed by atoms with Gasteiger partial charge in [0.2, 0.25) is 5.75 Å². The van der Waals surface area contributed by atoms with E-state index in [1.807, 2.05) is 26.1 Å². The van der Waals surface area contributed by atoms with E-state index < -0.39 is 0 Å². The summed E-state index contributed by atoms with van der Waals surface area (Å²) in [7, 11) is 5.10. The van der Waals surface area contributed by atoms with Crippen LogP contribution in [-0.2, 0) is 6.54 Å². The van der Waals surface area contributed by atoms with Gasteiger partial charge in [-0.1, -0.05) is 11.6 Å². The number of nitrogens with one attached hydrogen (secondary N) is 1. The average Bonchev–Trinajstić information content (AvgIpc) is 2.44. The Balaban J connectivity index is 3.06. The van der Waals surface area contributed by atoms with Crippen LogP contribution in [0.15, 0.2) is 23.2 Å². The quantitative estimate of drug-likeness (QED) is 0.836. The zero-order valence-electron chi connectivity index (χ0n) is 11.7. The summed E-state index contributed by atoms with van der Waals surface area (Å²) in [5, 5.41) is 3.09. The highest BCUT2D eigenvalue weighted by Crippen LogP contribution is 2.38. The number of halogens is 1. The van der Waals surface area contributed by atoms with Crippen LogP contribution in [0, 0.1) is 0 Å². The topological polar surface area (TPSA) is 39.7 Å². The number of benzene rings is 1. The van der Waals surface area contributed by atoms with E-state index in [-0.39, 0.29) is 0 Å². The van der Waals surface area contributed by atoms with E-state index in [9.17, 15) is 0 Å². The predicted octanol–water partition coefficient (Wildman–Crippen LogP) is 2.94. The highest BCUT2D eigenvalue weighted by Gasteiger charge is 2.14. The van der Waals surface area contributed by atoms with E-state index in [1.165, 1.54) is 5.54 Å². The van der Waals surface area contributed by atoms with Gasteiger partial charge in [0, 0.05) is 12.1 Å². The highest BCUT2D eigenvalue weighted by molar-refractivity contribution is 6.25. The Hall–Kier alpha value is -1.39. The van der Waals surface area contributed by atoms with Crippen molar-refractivity contribution in [3.05, 3.63) is 28.8 Å². The van der Waals surface area contributed by atoms with Crippen molar-refractivity contribution in [2.24, 2.45) is 0 Å². The van der Waals surface area contributed by atoms with Gasteiger partial charge < -0.3 is 19.5 Å². The third kappa shape index (κ3) is 4.33. The fourth-order valence-corrected chi connectivity index (χ4v) is 1.66. The highest BCUT2D eigenvalue weighted by atomic mass is 35.5. The van der Waals surface area contributed by atoms with Crippen LogP contribution in [0.4, 0.5) is 0 Å². The first-order valence-corrected chi connectivity index (χ1v) is 6.38. The second-order valence-corrected chi connectivity index (χ2v) is 4.32. The van der Waals surface area contributed by atoms with E-state index in [0.717, 1.165) is 17.7 Å². The van der Waals surface area contributed by atoms with E-state index in [2.05, 4.69) is 5.32 Å². The Morgan fingerprint density at radius 1 is 1.26 bits per heavy atom. The fourth-order valence-electron chi connectivity index (χ4n) is 1.60. The maximum absolute atomic E-state index is 5.71. The minimum Gasteiger partial charge on any atom is -0.493 e. The minimum absolute atomic E-state index is 0.390. The fraction of sp³-hybridized carbons (Fsp3) is 0.429. The molecule has 0 bridgehead atoms. The Labute approximate surface area is 119 Å². The Kier molecular flexibility index (Phi) is 6.53. The molecule has 106 valence electrons. The third-order valence-electron chi connectivity index (χ3n) is 2.53. The Morgan fingerprint density at radius 3 is 2.26 bits per heavy atom. The lowest BCUT2D eigenvalue weighted by atomic mass is 10.2. The van der Waals surface area contributed by atoms with E-state index in [4.69, 9.17) is 25.8 Å². The molecule has 0 aliphatic heterocycles. The van der Waals surface area contributed by atoms with Gasteiger partial charge in [-0.3, -0.25) is 0 Å². The molecule has 0 aromatic heterocycles. The van der Waals surface area contributed by atoms with Crippen molar-refractivity contribution < 1.29 is 14.2 Å². The summed E-state index contributed by atoms with van der Waals surface area (Å²) in [4.78, 5) is 0. The van der Waals surface area contributed by atoms with Gasteiger partial charge in [-0.05, 0) is 37.2 Å². The number of hydrogen-bond acceptors (Lipinski definition) is 4. The predicted molar refractivity (Wildman–Crippen MR) is 77.4 cm³/mol. The first-order valence-electron chi connectivity index (χ1n) is 5.94. The summed E-state index contributed by atoms with van der Waals surface area (Å²) < 4.78 is 16.4. The Bertz CT molecular complexity index is 421. The molecule has 19 heavy (non-hydrogen) atoms. The van der Waals surface area contributed by atoms with E-state index in [1.54, 1.807) is 14.2 Å². The molecule has 0 saturated carbocycles. The zero-order chi connectivity index (χ0) is 14.3. The third-order valence-corrected chi connectivity index (χ3v) is 2.90. The minimum atomic E-state index is 0.390. The van der Waals surface area contributed by atoms with Crippen molar-refractivity contribution in [3.8, 4) is 17.2 Å². The van der Waals surface area contributed by atoms with Gasteiger partial charge in [-0.25, -0.2) is 0 Å². The van der Waals surface area contributed by atoms with Crippen molar-refractivity contribution in [2.75, 3.05) is 27.9 Å². The van der Waals surface area contributed by atoms with Crippen LogP contribution >= 0.6 is 11.6 Å². The maximum atomic E-state index is 5.71. The summed E-state index contributed by atoms with van der Waals surface area (Å²) in [6.07, 6.45) is 0. The summed E-state index contributed by atoms with van der Waals surface area (Å²) in [5.74, 6) is 1.88. The molecule has 1 aromatic rings. The van der Waals surface area contributed by atoms with Gasteiger partial charge in [0.05, 0.1) is 14.2 Å². The smallest absolute Gasteiger partial charge is 0.203 e. The van der Waals surface area contributed by atoms with Gasteiger partial charge >= 0.3 is 0 Å². The zero-order valence-corrected chi connectivity index (χ0v) is 12.5. The van der Waals surface area contributed by atoms with Crippen LogP contribution in [0.3, 0.4) is 0 Å². The lowest BCUT2D eigenvalue weighted by Crippen LogP contribution is -2.07. The molecule has 0 amide bonds. The van der Waals surface area contributed by atoms with Crippen LogP contribution in [0.5, 0.6) is 17.2 Å². The first kappa shape index (κ1) is 15.7. The van der Waals surface area contributed by atoms with Crippen molar-refractivity contribution >= 4 is 11.6 Å². The molecular weight excluding hydrogens is 266 g/mol. The molecule has 0 unspecified atom stereocenters. The molecule has 4 nitrogen and oxygen atoms in total. The largest absolute Gasteiger partial charge is 0.493 e. The van der Waals surface area contributed by atoms with Crippen molar-refractivity contribution in [2.45, 2.75) is 13.5 Å². The summed E-state index contributed by atoms with van der Waals surface area (Å²) in [6, 6.07) is 3.85. The lowest BCUT2D eigenvalue weighted by Gasteiger charge is -2.16. The summed E-state index contributed by atoms with van der Waals surface area (Å²) in [5.41, 5.74) is 3.48. The standard InChI is InChI=1S/C14H20ClNO3/c1-10(7-15)9-19-14-12(17-3)5-11(8-16-2)6-13(14)18-4/h5-7,16H,8-9H2,1-4H3/b10-7+. The monoisotopic (exact) mass is 285 g/mol. The molecule has 1 aromatic carbocycles. The molecule has 0 atom stereocenters. The van der Waals surface area contributed by atoms with Crippen LogP contribution in [-0.4, -0.2) is 27.9 Å². The molecule has 5 heteroatoms. The van der Waals surface area contributed by atoms with E-state index in [0.29, 0.717) is 23.9 Å². The van der Waals surface area contributed by atoms with Crippen LogP contribution in [0.1, 0.15) is 12.5 Å². The van der Waals surface area contributed by atoms with Crippen molar-refractivity contribution in [3.63, 3.8) is 0 Å². The number of hydrogen-bond donors (Lipinski definition) is 1. The summed E-state index contributed by atoms with van der Waals surface area (Å²) >= 11 is 5.62. The number of methoxy groups -OCH3 is 2. The first-order chi connectivity index (χ1) is 9.15. The maximum Gasteiger partial charge on any atom is 0.203 e. The van der Waals surface area contributed by atoms with Crippen molar-refractivity contribution in [1.82, 2.24) is 5.32 Å². The molecule has 0 aliphatic carbocycles. The molecule has 0 aliphatic rings. The lowest BCUT2D eigenvalue weighted by molar-refractivity contribution is 0.295. The molecule has 1 rings (SSSR count). The van der Waals surface area contributed by atoms with Crippen LogP contribution < -0.4 is 19.5 Å². The molecule has 0 saturated heterocycles. The number of ether oxygens (including phenoxy) is 3. The van der Waals surface area contributed by atoms with Gasteiger partial charge in [0.1, 0.15) is 6.61 Å². The van der Waals surface area contributed by atoms with E-state index >= 15 is 0 Å². The number of rotatable bonds is 7. The van der Waals surface area contributed by atoms with Gasteiger partial charge in [-0.2, -0.15) is 0 Å². The van der Waals surface area contributed by atoms with Gasteiger partial charge in [0.25, 0.3) is 0 Å². The van der Waals surface area contributed by atoms with Gasteiger partial charge in [-0.15, -0.1) is 0 Å². The second-order valence-electron chi connectivity index (χ2n) is 4.10. The molecule has 0 fully saturated rings. The molecule has 0 heterocycles. The molecule has 0 radical (unpaired) electrons.